The fraction of sp³-hybridized carbons (Fsp3) is 0.0484. The number of para-hydroxylation sites is 3. The molecule has 5 heteroatoms. The smallest absolute Gasteiger partial charge is 0.281 e. The van der Waals surface area contributed by atoms with Crippen LogP contribution in [0.1, 0.15) is 29.8 Å². The lowest BCUT2D eigenvalue weighted by atomic mass is 9.89. The van der Waals surface area contributed by atoms with Crippen molar-refractivity contribution in [1.82, 2.24) is 19.8 Å². The second-order valence-electron chi connectivity index (χ2n) is 18.3. The van der Waals surface area contributed by atoms with Gasteiger partial charge in [-0.1, -0.05) is 170 Å². The van der Waals surface area contributed by atoms with Crippen LogP contribution in [0, 0.1) is 0 Å². The van der Waals surface area contributed by atoms with Gasteiger partial charge in [-0.2, -0.15) is 0 Å². The zero-order valence-corrected chi connectivity index (χ0v) is 36.8. The Morgan fingerprint density at radius 1 is 0.403 bits per heavy atom. The van der Waals surface area contributed by atoms with Crippen molar-refractivity contribution in [2.45, 2.75) is 18.8 Å². The first-order chi connectivity index (χ1) is 33.1. The van der Waals surface area contributed by atoms with Crippen LogP contribution >= 0.6 is 0 Å². The number of fused-ring (bicyclic) bond motifs is 11. The normalized spacial score (nSPS) is 16.5. The third-order valence-corrected chi connectivity index (χ3v) is 14.4. The maximum atomic E-state index is 4.17. The van der Waals surface area contributed by atoms with Gasteiger partial charge in [0.25, 0.3) is 5.84 Å². The monoisotopic (exact) mass is 858 g/mol. The lowest BCUT2D eigenvalue weighted by Crippen LogP contribution is -2.88. The van der Waals surface area contributed by atoms with Gasteiger partial charge < -0.3 is 9.13 Å². The Bertz CT molecular complexity index is 4140. The Morgan fingerprint density at radius 3 is 1.70 bits per heavy atom. The fourth-order valence-corrected chi connectivity index (χ4v) is 11.4. The number of benzene rings is 11. The zero-order valence-electron chi connectivity index (χ0n) is 36.8. The summed E-state index contributed by atoms with van der Waals surface area (Å²) in [4.78, 5) is 4.05. The molecule has 0 aliphatic carbocycles. The Balaban J connectivity index is 1.03. The fourth-order valence-electron chi connectivity index (χ4n) is 11.4. The topological polar surface area (TPSA) is 47.9 Å². The maximum Gasteiger partial charge on any atom is 0.281 e. The summed E-state index contributed by atoms with van der Waals surface area (Å²) < 4.78 is 4.91. The number of hydrogen-bond donors (Lipinski definition) is 3. The first-order valence-electron chi connectivity index (χ1n) is 23.2. The molecule has 14 rings (SSSR count). The van der Waals surface area contributed by atoms with Crippen LogP contribution in [0.3, 0.4) is 0 Å². The van der Waals surface area contributed by atoms with Crippen LogP contribution in [-0.2, 0) is 5.66 Å². The van der Waals surface area contributed by atoms with Gasteiger partial charge in [0.15, 0.2) is 11.8 Å². The van der Waals surface area contributed by atoms with Crippen LogP contribution < -0.4 is 15.6 Å². The predicted octanol–water partition coefficient (Wildman–Crippen LogP) is 13.1. The van der Waals surface area contributed by atoms with Gasteiger partial charge in [0.1, 0.15) is 0 Å². The summed E-state index contributed by atoms with van der Waals surface area (Å²) in [5.74, 6) is 0.958. The highest BCUT2D eigenvalue weighted by molar-refractivity contribution is 6.17. The Labute approximate surface area is 386 Å². The Kier molecular flexibility index (Phi) is 8.18. The van der Waals surface area contributed by atoms with E-state index in [0.29, 0.717) is 0 Å². The molecule has 0 spiro atoms. The average molecular weight is 859 g/mol. The van der Waals surface area contributed by atoms with E-state index in [1.54, 1.807) is 0 Å². The summed E-state index contributed by atoms with van der Waals surface area (Å²) >= 11 is 0. The molecule has 3 N–H and O–H groups in total. The van der Waals surface area contributed by atoms with Gasteiger partial charge in [-0.05, 0) is 105 Å². The number of hydrogen-bond acceptors (Lipinski definition) is 2. The van der Waals surface area contributed by atoms with Gasteiger partial charge in [0.2, 0.25) is 0 Å². The van der Waals surface area contributed by atoms with Crippen LogP contribution in [0.5, 0.6) is 0 Å². The van der Waals surface area contributed by atoms with E-state index >= 15 is 0 Å². The summed E-state index contributed by atoms with van der Waals surface area (Å²) in [6, 6.07) is 82.2. The van der Waals surface area contributed by atoms with E-state index in [9.17, 15) is 0 Å². The van der Waals surface area contributed by atoms with E-state index in [1.807, 2.05) is 0 Å². The van der Waals surface area contributed by atoms with E-state index < -0.39 is 5.66 Å². The van der Waals surface area contributed by atoms with E-state index in [0.717, 1.165) is 44.8 Å². The molecule has 3 heterocycles. The van der Waals surface area contributed by atoms with Crippen molar-refractivity contribution in [2.75, 3.05) is 0 Å². The molecule has 2 aromatic heterocycles. The van der Waals surface area contributed by atoms with E-state index in [1.165, 1.54) is 75.8 Å². The number of aromatic nitrogens is 2. The van der Waals surface area contributed by atoms with E-state index in [2.05, 4.69) is 256 Å². The molecule has 1 aliphatic heterocycles. The van der Waals surface area contributed by atoms with Gasteiger partial charge in [-0.25, -0.2) is 5.32 Å². The molecule has 0 fully saturated rings. The number of rotatable bonds is 5. The molecule has 2 atom stereocenters. The van der Waals surface area contributed by atoms with Gasteiger partial charge in [-0.15, -0.1) is 0 Å². The van der Waals surface area contributed by atoms with Crippen molar-refractivity contribution in [3.8, 4) is 11.4 Å². The zero-order chi connectivity index (χ0) is 44.2. The summed E-state index contributed by atoms with van der Waals surface area (Å²) in [7, 11) is 0. The molecule has 0 bridgehead atoms. The molecule has 0 amide bonds. The van der Waals surface area contributed by atoms with Crippen LogP contribution in [0.4, 0.5) is 0 Å². The third-order valence-electron chi connectivity index (χ3n) is 14.4. The van der Waals surface area contributed by atoms with Crippen LogP contribution in [0.25, 0.3) is 98.1 Å². The second-order valence-corrected chi connectivity index (χ2v) is 18.3. The van der Waals surface area contributed by atoms with Gasteiger partial charge in [-0.3, -0.25) is 10.3 Å². The average Bonchev–Trinajstić information content (AvgIpc) is 3.89. The van der Waals surface area contributed by atoms with Gasteiger partial charge in [0.05, 0.1) is 33.3 Å². The summed E-state index contributed by atoms with van der Waals surface area (Å²) in [5.41, 5.74) is 9.70. The highest BCUT2D eigenvalue weighted by Gasteiger charge is 2.43. The summed E-state index contributed by atoms with van der Waals surface area (Å²) in [6.07, 6.45) is -0.221. The van der Waals surface area contributed by atoms with Crippen LogP contribution in [-0.4, -0.2) is 15.0 Å². The largest absolute Gasteiger partial charge is 0.309 e. The highest BCUT2D eigenvalue weighted by atomic mass is 15.3. The molecule has 67 heavy (non-hydrogen) atoms. The molecule has 0 saturated carbocycles. The standard InChI is InChI=1S/C62H43N5/c1-62(53-37-42-20-6-7-21-45(42)47-23-9-10-24-48(47)53)64-60(40-18-3-2-4-19-40)63-61(65-62)59-46-22-8-5-17-39(46)32-34-57(59)67-56-30-16-13-27-51(56)52-36-41-31-33-44(35-43(41)38-58(52)67)66-54-28-14-11-25-49(54)50-26-12-15-29-55(50)66/h2-38,60,64H,1H3,(H,63,65)/p+1. The predicted molar refractivity (Wildman–Crippen MR) is 279 cm³/mol. The Hall–Kier alpha value is -8.51. The molecule has 0 radical (unpaired) electrons. The van der Waals surface area contributed by atoms with Crippen molar-refractivity contribution in [3.63, 3.8) is 0 Å². The third kappa shape index (κ3) is 5.75. The number of nitrogens with zero attached hydrogens (tertiary/aromatic N) is 2. The van der Waals surface area contributed by atoms with E-state index in [-0.39, 0.29) is 6.17 Å². The molecule has 316 valence electrons. The molecule has 0 saturated heterocycles. The minimum atomic E-state index is -0.709. The minimum Gasteiger partial charge on any atom is -0.309 e. The minimum absolute atomic E-state index is 0.221. The van der Waals surface area contributed by atoms with E-state index in [4.69, 9.17) is 0 Å². The highest BCUT2D eigenvalue weighted by Crippen LogP contribution is 2.41. The van der Waals surface area contributed by atoms with Gasteiger partial charge >= 0.3 is 0 Å². The van der Waals surface area contributed by atoms with Crippen molar-refractivity contribution in [1.29, 1.82) is 0 Å². The summed E-state index contributed by atoms with van der Waals surface area (Å²) in [6.45, 7) is 2.30. The second kappa shape index (κ2) is 14.5. The van der Waals surface area contributed by atoms with Crippen molar-refractivity contribution >= 4 is 92.5 Å². The van der Waals surface area contributed by atoms with Crippen LogP contribution in [0.2, 0.25) is 0 Å². The van der Waals surface area contributed by atoms with Crippen molar-refractivity contribution < 1.29 is 4.99 Å². The number of nitrogens with one attached hydrogen (secondary N) is 3. The molecule has 2 unspecified atom stereocenters. The lowest BCUT2D eigenvalue weighted by Gasteiger charge is -2.37. The van der Waals surface area contributed by atoms with Crippen molar-refractivity contribution in [2.24, 2.45) is 0 Å². The summed E-state index contributed by atoms with van der Waals surface area (Å²) in [5, 5.41) is 22.9. The maximum absolute atomic E-state index is 4.17. The molecule has 13 aromatic rings. The quantitative estimate of drug-likeness (QED) is 0.151. The molecule has 11 aromatic carbocycles. The molecular weight excluding hydrogens is 815 g/mol. The SMILES string of the molecule is CC1(c2cc3ccccc3c3ccccc23)NC(c2c(-n3c4ccccc4c4cc5ccc(-n6c7ccccc7c7ccccc76)cc5cc43)ccc3ccccc23)=[NH+]C(c2ccccc2)N1. The number of amidine groups is 1. The molecule has 1 aliphatic rings. The van der Waals surface area contributed by atoms with Gasteiger partial charge in [0, 0.05) is 38.4 Å². The lowest BCUT2D eigenvalue weighted by molar-refractivity contribution is -0.530. The molecule has 5 nitrogen and oxygen atoms in total. The first-order valence-corrected chi connectivity index (χ1v) is 23.2. The Morgan fingerprint density at radius 2 is 0.970 bits per heavy atom. The first kappa shape index (κ1) is 37.8. The van der Waals surface area contributed by atoms with Crippen molar-refractivity contribution in [3.05, 3.63) is 241 Å². The van der Waals surface area contributed by atoms with Crippen LogP contribution in [0.15, 0.2) is 224 Å². The molecular formula is C62H44N5+.